The highest BCUT2D eigenvalue weighted by Gasteiger charge is 2.08. The monoisotopic (exact) mass is 393 g/mol. The van der Waals surface area contributed by atoms with Crippen molar-refractivity contribution >= 4 is 39.2 Å². The summed E-state index contributed by atoms with van der Waals surface area (Å²) in [6, 6.07) is 16.3. The lowest BCUT2D eigenvalue weighted by atomic mass is 10.2. The van der Waals surface area contributed by atoms with Crippen molar-refractivity contribution in [3.63, 3.8) is 0 Å². The number of anilines is 3. The van der Waals surface area contributed by atoms with Gasteiger partial charge in [-0.15, -0.1) is 0 Å². The number of amides is 1. The summed E-state index contributed by atoms with van der Waals surface area (Å²) in [5, 5.41) is 14.7. The topological polar surface area (TPSA) is 90.7 Å². The molecule has 1 heterocycles. The first-order valence-corrected chi connectivity index (χ1v) is 8.09. The van der Waals surface area contributed by atoms with Gasteiger partial charge in [0.15, 0.2) is 0 Å². The quantitative estimate of drug-likeness (QED) is 0.695. The predicted molar refractivity (Wildman–Crippen MR) is 98.6 cm³/mol. The summed E-state index contributed by atoms with van der Waals surface area (Å²) >= 11 is 3.34. The Labute approximate surface area is 152 Å². The van der Waals surface area contributed by atoms with Gasteiger partial charge in [-0.2, -0.15) is 5.26 Å². The molecule has 0 aliphatic carbocycles. The Hall–Kier alpha value is -3.24. The molecule has 25 heavy (non-hydrogen) atoms. The van der Waals surface area contributed by atoms with Gasteiger partial charge in [-0.05, 0) is 42.5 Å². The number of rotatable bonds is 4. The van der Waals surface area contributed by atoms with E-state index < -0.39 is 0 Å². The van der Waals surface area contributed by atoms with Gasteiger partial charge in [0, 0.05) is 28.2 Å². The summed E-state index contributed by atoms with van der Waals surface area (Å²) in [6.45, 7) is 0. The molecular weight excluding hydrogens is 382 g/mol. The molecule has 1 amide bonds. The van der Waals surface area contributed by atoms with Crippen molar-refractivity contribution < 1.29 is 4.79 Å². The second kappa shape index (κ2) is 7.55. The van der Waals surface area contributed by atoms with E-state index in [1.54, 1.807) is 36.4 Å². The average Bonchev–Trinajstić information content (AvgIpc) is 2.64. The van der Waals surface area contributed by atoms with E-state index in [-0.39, 0.29) is 5.91 Å². The van der Waals surface area contributed by atoms with Crippen LogP contribution >= 0.6 is 15.9 Å². The van der Waals surface area contributed by atoms with Crippen LogP contribution in [0.25, 0.3) is 0 Å². The smallest absolute Gasteiger partial charge is 0.258 e. The van der Waals surface area contributed by atoms with Crippen LogP contribution in [-0.2, 0) is 0 Å². The summed E-state index contributed by atoms with van der Waals surface area (Å²) in [5.74, 6) is 0.0515. The summed E-state index contributed by atoms with van der Waals surface area (Å²) in [7, 11) is 0. The van der Waals surface area contributed by atoms with Gasteiger partial charge in [0.1, 0.15) is 0 Å². The van der Waals surface area contributed by atoms with Gasteiger partial charge in [0.2, 0.25) is 5.95 Å². The number of hydrogen-bond donors (Lipinski definition) is 2. The Morgan fingerprint density at radius 2 is 1.76 bits per heavy atom. The lowest BCUT2D eigenvalue weighted by Gasteiger charge is -2.07. The van der Waals surface area contributed by atoms with Crippen molar-refractivity contribution in [3.05, 3.63) is 76.5 Å². The lowest BCUT2D eigenvalue weighted by Crippen LogP contribution is -2.13. The van der Waals surface area contributed by atoms with E-state index in [4.69, 9.17) is 5.26 Å². The molecule has 0 radical (unpaired) electrons. The number of hydrogen-bond acceptors (Lipinski definition) is 5. The molecule has 0 fully saturated rings. The van der Waals surface area contributed by atoms with Crippen molar-refractivity contribution in [1.82, 2.24) is 9.97 Å². The van der Waals surface area contributed by atoms with Crippen molar-refractivity contribution in [3.8, 4) is 6.07 Å². The maximum atomic E-state index is 12.2. The molecule has 6 nitrogen and oxygen atoms in total. The molecule has 3 aromatic rings. The van der Waals surface area contributed by atoms with Gasteiger partial charge in [-0.25, -0.2) is 9.97 Å². The molecular formula is C18H12BrN5O. The zero-order valence-corrected chi connectivity index (χ0v) is 14.5. The Balaban J connectivity index is 1.68. The van der Waals surface area contributed by atoms with Gasteiger partial charge in [0.25, 0.3) is 5.91 Å². The highest BCUT2D eigenvalue weighted by molar-refractivity contribution is 9.10. The first kappa shape index (κ1) is 16.6. The first-order chi connectivity index (χ1) is 12.1. The molecule has 2 N–H and O–H groups in total. The summed E-state index contributed by atoms with van der Waals surface area (Å²) in [6.07, 6.45) is 2.88. The number of benzene rings is 2. The SMILES string of the molecule is N#Cc1cccc(Nc2ncc(C(=O)Nc3ccc(Br)cc3)cn2)c1. The first-order valence-electron chi connectivity index (χ1n) is 7.30. The molecule has 3 rings (SSSR count). The number of carbonyl (C=O) groups is 1. The highest BCUT2D eigenvalue weighted by Crippen LogP contribution is 2.16. The van der Waals surface area contributed by atoms with E-state index in [1.807, 2.05) is 12.1 Å². The van der Waals surface area contributed by atoms with Crippen LogP contribution in [0, 0.1) is 11.3 Å². The van der Waals surface area contributed by atoms with E-state index >= 15 is 0 Å². The number of nitrogens with one attached hydrogen (secondary N) is 2. The van der Waals surface area contributed by atoms with Crippen molar-refractivity contribution in [2.24, 2.45) is 0 Å². The van der Waals surface area contributed by atoms with Crippen LogP contribution < -0.4 is 10.6 Å². The van der Waals surface area contributed by atoms with Crippen LogP contribution in [0.5, 0.6) is 0 Å². The molecule has 0 saturated heterocycles. The maximum Gasteiger partial charge on any atom is 0.258 e. The lowest BCUT2D eigenvalue weighted by molar-refractivity contribution is 0.102. The number of carbonyl (C=O) groups excluding carboxylic acids is 1. The normalized spacial score (nSPS) is 9.92. The fraction of sp³-hybridized carbons (Fsp3) is 0. The van der Waals surface area contributed by atoms with E-state index in [1.165, 1.54) is 12.4 Å². The molecule has 0 aliphatic heterocycles. The third kappa shape index (κ3) is 4.40. The predicted octanol–water partition coefficient (Wildman–Crippen LogP) is 4.11. The Bertz CT molecular complexity index is 933. The van der Waals surface area contributed by atoms with Crippen LogP contribution in [0.2, 0.25) is 0 Å². The fourth-order valence-electron chi connectivity index (χ4n) is 2.04. The molecule has 7 heteroatoms. The average molecular weight is 394 g/mol. The second-order valence-electron chi connectivity index (χ2n) is 5.07. The molecule has 1 aromatic heterocycles. The van der Waals surface area contributed by atoms with Crippen LogP contribution in [-0.4, -0.2) is 15.9 Å². The Morgan fingerprint density at radius 1 is 1.04 bits per heavy atom. The fourth-order valence-corrected chi connectivity index (χ4v) is 2.31. The number of nitrogens with zero attached hydrogens (tertiary/aromatic N) is 3. The van der Waals surface area contributed by atoms with E-state index in [2.05, 4.69) is 42.6 Å². The van der Waals surface area contributed by atoms with E-state index in [0.717, 1.165) is 4.47 Å². The van der Waals surface area contributed by atoms with Gasteiger partial charge in [-0.1, -0.05) is 22.0 Å². The third-order valence-corrected chi connectivity index (χ3v) is 3.79. The summed E-state index contributed by atoms with van der Waals surface area (Å²) < 4.78 is 0.935. The standard InChI is InChI=1S/C18H12BrN5O/c19-14-4-6-15(7-5-14)23-17(25)13-10-21-18(22-11-13)24-16-3-1-2-12(8-16)9-20/h1-8,10-11H,(H,23,25)(H,21,22,24). The van der Waals surface area contributed by atoms with Gasteiger partial charge in [0.05, 0.1) is 17.2 Å². The minimum Gasteiger partial charge on any atom is -0.324 e. The van der Waals surface area contributed by atoms with Crippen LogP contribution in [0.15, 0.2) is 65.4 Å². The Kier molecular flexibility index (Phi) is 5.02. The number of aromatic nitrogens is 2. The largest absolute Gasteiger partial charge is 0.324 e. The zero-order valence-electron chi connectivity index (χ0n) is 12.9. The van der Waals surface area contributed by atoms with Gasteiger partial charge >= 0.3 is 0 Å². The van der Waals surface area contributed by atoms with E-state index in [0.29, 0.717) is 28.5 Å². The summed E-state index contributed by atoms with van der Waals surface area (Å²) in [4.78, 5) is 20.5. The molecule has 122 valence electrons. The molecule has 0 aliphatic rings. The molecule has 0 spiro atoms. The van der Waals surface area contributed by atoms with E-state index in [9.17, 15) is 4.79 Å². The van der Waals surface area contributed by atoms with Crippen molar-refractivity contribution in [2.75, 3.05) is 10.6 Å². The van der Waals surface area contributed by atoms with Crippen molar-refractivity contribution in [2.45, 2.75) is 0 Å². The Morgan fingerprint density at radius 3 is 2.44 bits per heavy atom. The van der Waals surface area contributed by atoms with Crippen LogP contribution in [0.3, 0.4) is 0 Å². The highest BCUT2D eigenvalue weighted by atomic mass is 79.9. The van der Waals surface area contributed by atoms with Gasteiger partial charge in [-0.3, -0.25) is 4.79 Å². The number of halogens is 1. The minimum absolute atomic E-state index is 0.291. The van der Waals surface area contributed by atoms with Crippen LogP contribution in [0.4, 0.5) is 17.3 Å². The maximum absolute atomic E-state index is 12.2. The van der Waals surface area contributed by atoms with Crippen molar-refractivity contribution in [1.29, 1.82) is 5.26 Å². The van der Waals surface area contributed by atoms with Crippen LogP contribution in [0.1, 0.15) is 15.9 Å². The third-order valence-electron chi connectivity index (χ3n) is 3.26. The van der Waals surface area contributed by atoms with Gasteiger partial charge < -0.3 is 10.6 Å². The summed E-state index contributed by atoms with van der Waals surface area (Å²) in [5.41, 5.74) is 2.27. The zero-order chi connectivity index (χ0) is 17.6. The second-order valence-corrected chi connectivity index (χ2v) is 5.99. The molecule has 0 atom stereocenters. The minimum atomic E-state index is -0.291. The number of nitriles is 1. The molecule has 0 bridgehead atoms. The molecule has 0 unspecified atom stereocenters. The molecule has 2 aromatic carbocycles. The molecule has 0 saturated carbocycles.